The van der Waals surface area contributed by atoms with Crippen LogP contribution in [0.25, 0.3) is 0 Å². The Morgan fingerprint density at radius 1 is 1.56 bits per heavy atom. The van der Waals surface area contributed by atoms with Gasteiger partial charge in [-0.25, -0.2) is 4.98 Å². The van der Waals surface area contributed by atoms with Gasteiger partial charge in [0.15, 0.2) is 5.82 Å². The van der Waals surface area contributed by atoms with Crippen LogP contribution < -0.4 is 5.32 Å². The summed E-state index contributed by atoms with van der Waals surface area (Å²) >= 11 is 0. The lowest BCUT2D eigenvalue weighted by Gasteiger charge is -2.09. The van der Waals surface area contributed by atoms with Gasteiger partial charge in [0.1, 0.15) is 18.1 Å². The van der Waals surface area contributed by atoms with Crippen molar-refractivity contribution in [1.82, 2.24) is 14.7 Å². The fourth-order valence-electron chi connectivity index (χ4n) is 1.72. The summed E-state index contributed by atoms with van der Waals surface area (Å²) in [5.41, 5.74) is 0. The topological polar surface area (TPSA) is 73.0 Å². The Bertz CT molecular complexity index is 542. The summed E-state index contributed by atoms with van der Waals surface area (Å²) < 4.78 is 6.71. The van der Waals surface area contributed by atoms with Gasteiger partial charge in [-0.15, -0.1) is 0 Å². The van der Waals surface area contributed by atoms with Crippen LogP contribution in [0.1, 0.15) is 31.4 Å². The number of anilines is 1. The molecule has 1 N–H and O–H groups in total. The standard InChI is InChI=1S/C12H16N4O2/c1-8(2)12-13-4-5-16(12)7-11(17)14-10-6-9(3)18-15-10/h4-6,8H,7H2,1-3H3,(H,14,15,17). The summed E-state index contributed by atoms with van der Waals surface area (Å²) in [4.78, 5) is 16.1. The Balaban J connectivity index is 2.01. The fraction of sp³-hybridized carbons (Fsp3) is 0.417. The summed E-state index contributed by atoms with van der Waals surface area (Å²) in [6.07, 6.45) is 3.49. The molecule has 0 fully saturated rings. The van der Waals surface area contributed by atoms with E-state index in [0.29, 0.717) is 11.6 Å². The molecule has 2 aromatic heterocycles. The SMILES string of the molecule is Cc1cc(NC(=O)Cn2ccnc2C(C)C)no1. The van der Waals surface area contributed by atoms with E-state index in [1.165, 1.54) is 0 Å². The Morgan fingerprint density at radius 2 is 2.33 bits per heavy atom. The lowest BCUT2D eigenvalue weighted by Crippen LogP contribution is -2.20. The molecule has 0 saturated carbocycles. The number of amides is 1. The third-order valence-corrected chi connectivity index (χ3v) is 2.47. The van der Waals surface area contributed by atoms with Crippen LogP contribution in [0.15, 0.2) is 23.0 Å². The minimum Gasteiger partial charge on any atom is -0.360 e. The summed E-state index contributed by atoms with van der Waals surface area (Å²) in [5.74, 6) is 2.12. The normalized spacial score (nSPS) is 10.9. The number of hydrogen-bond donors (Lipinski definition) is 1. The molecule has 6 heteroatoms. The number of aromatic nitrogens is 3. The Morgan fingerprint density at radius 3 is 2.94 bits per heavy atom. The maximum Gasteiger partial charge on any atom is 0.245 e. The van der Waals surface area contributed by atoms with Gasteiger partial charge in [-0.2, -0.15) is 0 Å². The average molecular weight is 248 g/mol. The van der Waals surface area contributed by atoms with Crippen molar-refractivity contribution in [3.05, 3.63) is 30.0 Å². The first-order valence-corrected chi connectivity index (χ1v) is 5.80. The molecule has 0 saturated heterocycles. The molecule has 0 bridgehead atoms. The molecule has 18 heavy (non-hydrogen) atoms. The van der Waals surface area contributed by atoms with Gasteiger partial charge in [-0.1, -0.05) is 19.0 Å². The second-order valence-corrected chi connectivity index (χ2v) is 4.44. The number of carbonyl (C=O) groups is 1. The number of aryl methyl sites for hydroxylation is 1. The highest BCUT2D eigenvalue weighted by Crippen LogP contribution is 2.12. The van der Waals surface area contributed by atoms with Crippen molar-refractivity contribution >= 4 is 11.7 Å². The second kappa shape index (κ2) is 5.03. The molecule has 1 amide bonds. The van der Waals surface area contributed by atoms with E-state index in [-0.39, 0.29) is 18.4 Å². The van der Waals surface area contributed by atoms with E-state index in [0.717, 1.165) is 5.82 Å². The van der Waals surface area contributed by atoms with E-state index in [9.17, 15) is 4.79 Å². The molecule has 96 valence electrons. The summed E-state index contributed by atoms with van der Waals surface area (Å²) in [6, 6.07) is 1.68. The monoisotopic (exact) mass is 248 g/mol. The largest absolute Gasteiger partial charge is 0.360 e. The van der Waals surface area contributed by atoms with Crippen LogP contribution in [0.2, 0.25) is 0 Å². The Hall–Kier alpha value is -2.11. The molecule has 0 radical (unpaired) electrons. The third kappa shape index (κ3) is 2.77. The van der Waals surface area contributed by atoms with E-state index in [1.807, 2.05) is 18.4 Å². The van der Waals surface area contributed by atoms with E-state index >= 15 is 0 Å². The van der Waals surface area contributed by atoms with Gasteiger partial charge in [-0.3, -0.25) is 4.79 Å². The van der Waals surface area contributed by atoms with Crippen LogP contribution in [0, 0.1) is 6.92 Å². The summed E-state index contributed by atoms with van der Waals surface area (Å²) in [6.45, 7) is 6.07. The van der Waals surface area contributed by atoms with Gasteiger partial charge < -0.3 is 14.4 Å². The molecule has 0 atom stereocenters. The van der Waals surface area contributed by atoms with Crippen LogP contribution in [-0.4, -0.2) is 20.6 Å². The van der Waals surface area contributed by atoms with Gasteiger partial charge in [0, 0.05) is 24.4 Å². The molecule has 0 aliphatic carbocycles. The lowest BCUT2D eigenvalue weighted by molar-refractivity contribution is -0.116. The maximum absolute atomic E-state index is 11.8. The van der Waals surface area contributed by atoms with Crippen molar-refractivity contribution in [1.29, 1.82) is 0 Å². The van der Waals surface area contributed by atoms with Crippen molar-refractivity contribution < 1.29 is 9.32 Å². The minimum atomic E-state index is -0.150. The predicted octanol–water partition coefficient (Wildman–Crippen LogP) is 1.94. The van der Waals surface area contributed by atoms with Gasteiger partial charge in [0.2, 0.25) is 5.91 Å². The number of rotatable bonds is 4. The van der Waals surface area contributed by atoms with Gasteiger partial charge in [-0.05, 0) is 6.92 Å². The molecule has 0 aliphatic heterocycles. The second-order valence-electron chi connectivity index (χ2n) is 4.44. The molecular formula is C12H16N4O2. The predicted molar refractivity (Wildman–Crippen MR) is 66.2 cm³/mol. The average Bonchev–Trinajstić information content (AvgIpc) is 2.87. The van der Waals surface area contributed by atoms with Crippen LogP contribution in [0.3, 0.4) is 0 Å². The highest BCUT2D eigenvalue weighted by Gasteiger charge is 2.11. The first kappa shape index (κ1) is 12.3. The molecule has 0 spiro atoms. The van der Waals surface area contributed by atoms with Gasteiger partial charge in [0.25, 0.3) is 0 Å². The fourth-order valence-corrected chi connectivity index (χ4v) is 1.72. The summed E-state index contributed by atoms with van der Waals surface area (Å²) in [7, 11) is 0. The highest BCUT2D eigenvalue weighted by molar-refractivity contribution is 5.89. The number of carbonyl (C=O) groups excluding carboxylic acids is 1. The Kier molecular flexibility index (Phi) is 3.45. The number of nitrogens with zero attached hydrogens (tertiary/aromatic N) is 3. The van der Waals surface area contributed by atoms with Crippen molar-refractivity contribution in [2.24, 2.45) is 0 Å². The molecule has 0 aliphatic rings. The van der Waals surface area contributed by atoms with Crippen molar-refractivity contribution in [3.8, 4) is 0 Å². The number of nitrogens with one attached hydrogen (secondary N) is 1. The van der Waals surface area contributed by atoms with Gasteiger partial charge in [0.05, 0.1) is 0 Å². The van der Waals surface area contributed by atoms with Crippen LogP contribution in [-0.2, 0) is 11.3 Å². The lowest BCUT2D eigenvalue weighted by atomic mass is 10.2. The van der Waals surface area contributed by atoms with E-state index < -0.39 is 0 Å². The van der Waals surface area contributed by atoms with Crippen LogP contribution in [0.4, 0.5) is 5.82 Å². The summed E-state index contributed by atoms with van der Waals surface area (Å²) in [5, 5.41) is 6.39. The molecular weight excluding hydrogens is 232 g/mol. The maximum atomic E-state index is 11.8. The van der Waals surface area contributed by atoms with Crippen LogP contribution >= 0.6 is 0 Å². The number of hydrogen-bond acceptors (Lipinski definition) is 4. The molecule has 0 unspecified atom stereocenters. The Labute approximate surface area is 105 Å². The molecule has 6 nitrogen and oxygen atoms in total. The zero-order valence-corrected chi connectivity index (χ0v) is 10.7. The first-order valence-electron chi connectivity index (χ1n) is 5.80. The van der Waals surface area contributed by atoms with E-state index in [2.05, 4.69) is 15.5 Å². The van der Waals surface area contributed by atoms with Gasteiger partial charge >= 0.3 is 0 Å². The zero-order valence-electron chi connectivity index (χ0n) is 10.7. The quantitative estimate of drug-likeness (QED) is 0.897. The number of imidazole rings is 1. The molecule has 2 aromatic rings. The van der Waals surface area contributed by atoms with Crippen LogP contribution in [0.5, 0.6) is 0 Å². The van der Waals surface area contributed by atoms with E-state index in [1.54, 1.807) is 25.4 Å². The molecule has 2 heterocycles. The highest BCUT2D eigenvalue weighted by atomic mass is 16.5. The van der Waals surface area contributed by atoms with Crippen molar-refractivity contribution in [2.45, 2.75) is 33.2 Å². The van der Waals surface area contributed by atoms with E-state index in [4.69, 9.17) is 4.52 Å². The molecule has 0 aromatic carbocycles. The molecule has 2 rings (SSSR count). The zero-order chi connectivity index (χ0) is 13.1. The third-order valence-electron chi connectivity index (χ3n) is 2.47. The van der Waals surface area contributed by atoms with Crippen molar-refractivity contribution in [2.75, 3.05) is 5.32 Å². The first-order chi connectivity index (χ1) is 8.56. The van der Waals surface area contributed by atoms with Crippen molar-refractivity contribution in [3.63, 3.8) is 0 Å². The smallest absolute Gasteiger partial charge is 0.245 e. The minimum absolute atomic E-state index is 0.150.